The van der Waals surface area contributed by atoms with Crippen LogP contribution in [0.2, 0.25) is 16.6 Å². The van der Waals surface area contributed by atoms with E-state index < -0.39 is 37.5 Å². The van der Waals surface area contributed by atoms with Crippen LogP contribution >= 0.6 is 0 Å². The quantitative estimate of drug-likeness (QED) is 0.0818. The third-order valence-corrected chi connectivity index (χ3v) is 18.9. The molecule has 15 heteroatoms. The molecule has 2 N–H and O–H groups in total. The summed E-state index contributed by atoms with van der Waals surface area (Å²) in [6.07, 6.45) is 1.89. The van der Waals surface area contributed by atoms with Gasteiger partial charge in [0, 0.05) is 50.3 Å². The number of carbonyl (C=O) groups is 1. The molecule has 58 heavy (non-hydrogen) atoms. The minimum Gasteiger partial charge on any atom is -0.468 e. The fourth-order valence-electron chi connectivity index (χ4n) is 9.94. The average Bonchev–Trinajstić information content (AvgIpc) is 3.87. The molecule has 3 aliphatic rings. The van der Waals surface area contributed by atoms with E-state index in [0.717, 1.165) is 19.4 Å². The van der Waals surface area contributed by atoms with Crippen LogP contribution in [-0.2, 0) is 4.74 Å². The Bertz CT molecular complexity index is 2250. The first-order chi connectivity index (χ1) is 27.7. The van der Waals surface area contributed by atoms with Crippen LogP contribution in [-0.4, -0.2) is 104 Å². The van der Waals surface area contributed by atoms with E-state index in [9.17, 15) is 14.3 Å². The predicted molar refractivity (Wildman–Crippen MR) is 221 cm³/mol. The van der Waals surface area contributed by atoms with Gasteiger partial charge in [-0.3, -0.25) is 9.88 Å². The van der Waals surface area contributed by atoms with E-state index in [1.807, 2.05) is 4.90 Å². The summed E-state index contributed by atoms with van der Waals surface area (Å²) in [6.45, 7) is 15.0. The molecule has 0 saturated carbocycles. The van der Waals surface area contributed by atoms with Crippen LogP contribution in [0.1, 0.15) is 72.8 Å². The van der Waals surface area contributed by atoms with Crippen LogP contribution < -0.4 is 19.7 Å². The first kappa shape index (κ1) is 41.5. The molecule has 0 unspecified atom stereocenters. The number of nitrogens with one attached hydrogen (secondary N) is 1. The maximum Gasteiger partial charge on any atom is 0.404 e. The van der Waals surface area contributed by atoms with Gasteiger partial charge >= 0.3 is 12.1 Å². The van der Waals surface area contributed by atoms with Gasteiger partial charge in [0.25, 0.3) is 0 Å². The maximum absolute atomic E-state index is 17.5. The number of pyridine rings is 1. The highest BCUT2D eigenvalue weighted by molar-refractivity contribution is 6.90. The molecule has 3 saturated heterocycles. The topological polar surface area (TPSA) is 122 Å². The van der Waals surface area contributed by atoms with Crippen molar-refractivity contribution in [2.75, 3.05) is 51.6 Å². The highest BCUT2D eigenvalue weighted by Gasteiger charge is 2.49. The number of hydrogen-bond acceptors (Lipinski definition) is 9. The molecule has 7 rings (SSSR count). The zero-order chi connectivity index (χ0) is 41.5. The van der Waals surface area contributed by atoms with Crippen molar-refractivity contribution in [2.45, 2.75) is 102 Å². The summed E-state index contributed by atoms with van der Waals surface area (Å²) in [5, 5.41) is 13.2. The average molecular weight is 819 g/mol. The number of rotatable bonds is 12. The molecule has 5 heterocycles. The van der Waals surface area contributed by atoms with Crippen molar-refractivity contribution in [3.63, 3.8) is 0 Å². The third-order valence-electron chi connectivity index (χ3n) is 12.6. The van der Waals surface area contributed by atoms with Gasteiger partial charge in [0.1, 0.15) is 49.4 Å². The Morgan fingerprint density at radius 3 is 2.53 bits per heavy atom. The van der Waals surface area contributed by atoms with E-state index in [2.05, 4.69) is 73.2 Å². The number of anilines is 1. The van der Waals surface area contributed by atoms with E-state index in [-0.39, 0.29) is 54.3 Å². The standard InChI is InChI=1S/C43H53F3N6O5Si/c1-25(2)58(26(3)4,27(5)6)16-12-32-35(45)10-9-28-17-31(57-24-55-7)18-33(36(28)32)38-37(46)39-34(20-47-38)40(51-15-11-30(22-51)48-42(53)54)50-41(49-39)56-23-43-13-8-14-52(43)21-29(44)19-43/h9-10,17-18,20,25-27,29-30,48H,8,11,13-15,19,21-24H2,1-7H3,(H,53,54)/t29-,30+,43+/m1/s1. The molecule has 1 amide bonds. The van der Waals surface area contributed by atoms with Gasteiger partial charge in [-0.1, -0.05) is 53.5 Å². The number of fused-ring (bicyclic) bond motifs is 3. The lowest BCUT2D eigenvalue weighted by molar-refractivity contribution is 0.0512. The van der Waals surface area contributed by atoms with Gasteiger partial charge in [0.2, 0.25) is 0 Å². The van der Waals surface area contributed by atoms with Crippen molar-refractivity contribution in [3.8, 4) is 34.5 Å². The summed E-state index contributed by atoms with van der Waals surface area (Å²) in [6, 6.07) is 5.88. The summed E-state index contributed by atoms with van der Waals surface area (Å²) in [5.74, 6) is 2.66. The van der Waals surface area contributed by atoms with Crippen LogP contribution in [0.15, 0.2) is 30.5 Å². The molecular formula is C43H53F3N6O5Si. The molecule has 0 bridgehead atoms. The largest absolute Gasteiger partial charge is 0.468 e. The summed E-state index contributed by atoms with van der Waals surface area (Å²) in [5.41, 5.74) is 4.25. The summed E-state index contributed by atoms with van der Waals surface area (Å²) < 4.78 is 65.7. The second-order valence-corrected chi connectivity index (χ2v) is 22.5. The Kier molecular flexibility index (Phi) is 11.8. The Balaban J connectivity index is 1.42. The zero-order valence-corrected chi connectivity index (χ0v) is 35.3. The first-order valence-electron chi connectivity index (χ1n) is 20.2. The van der Waals surface area contributed by atoms with E-state index >= 15 is 8.78 Å². The molecule has 3 aliphatic heterocycles. The third kappa shape index (κ3) is 7.66. The van der Waals surface area contributed by atoms with Crippen LogP contribution in [0, 0.1) is 23.1 Å². The van der Waals surface area contributed by atoms with Crippen LogP contribution in [0.4, 0.5) is 23.8 Å². The molecule has 0 aliphatic carbocycles. The monoisotopic (exact) mass is 818 g/mol. The maximum atomic E-state index is 17.5. The van der Waals surface area contributed by atoms with E-state index in [4.69, 9.17) is 19.2 Å². The van der Waals surface area contributed by atoms with Gasteiger partial charge in [0.15, 0.2) is 12.6 Å². The summed E-state index contributed by atoms with van der Waals surface area (Å²) in [7, 11) is -0.825. The van der Waals surface area contributed by atoms with Crippen molar-refractivity contribution in [2.24, 2.45) is 0 Å². The molecule has 4 aromatic rings. The lowest BCUT2D eigenvalue weighted by Gasteiger charge is -2.38. The van der Waals surface area contributed by atoms with Gasteiger partial charge in [-0.25, -0.2) is 18.0 Å². The Morgan fingerprint density at radius 1 is 1.07 bits per heavy atom. The normalized spacial score (nSPS) is 21.0. The Labute approximate surface area is 338 Å². The lowest BCUT2D eigenvalue weighted by atomic mass is 9.95. The van der Waals surface area contributed by atoms with Gasteiger partial charge in [0.05, 0.1) is 22.5 Å². The van der Waals surface area contributed by atoms with Crippen molar-refractivity contribution < 1.29 is 37.3 Å². The molecule has 2 aromatic heterocycles. The molecule has 2 aromatic carbocycles. The fourth-order valence-corrected chi connectivity index (χ4v) is 15.2. The lowest BCUT2D eigenvalue weighted by Crippen LogP contribution is -2.43. The van der Waals surface area contributed by atoms with Crippen molar-refractivity contribution in [1.29, 1.82) is 0 Å². The minimum atomic E-state index is -2.32. The van der Waals surface area contributed by atoms with Gasteiger partial charge < -0.3 is 29.5 Å². The fraction of sp³-hybridized carbons (Fsp3) is 0.535. The molecular weight excluding hydrogens is 766 g/mol. The second kappa shape index (κ2) is 16.5. The van der Waals surface area contributed by atoms with E-state index in [1.165, 1.54) is 19.4 Å². The van der Waals surface area contributed by atoms with Crippen LogP contribution in [0.3, 0.4) is 0 Å². The molecule has 3 fully saturated rings. The molecule has 3 atom stereocenters. The van der Waals surface area contributed by atoms with Crippen molar-refractivity contribution in [3.05, 3.63) is 47.7 Å². The highest BCUT2D eigenvalue weighted by atomic mass is 28.3. The zero-order valence-electron chi connectivity index (χ0n) is 34.3. The van der Waals surface area contributed by atoms with Gasteiger partial charge in [-0.15, -0.1) is 5.54 Å². The number of ether oxygens (including phenoxy) is 3. The van der Waals surface area contributed by atoms with E-state index in [0.29, 0.717) is 70.3 Å². The SMILES string of the molecule is COCOc1cc(-c2ncc3c(N4CC[C@H](NC(=O)O)C4)nc(OC[C@@]45CCCN4C[C@H](F)C5)nc3c2F)c2c(C#C[Si](C(C)C)(C(C)C)C(C)C)c(F)ccc2c1. The van der Waals surface area contributed by atoms with Crippen LogP contribution in [0.25, 0.3) is 32.9 Å². The number of hydrogen-bond donors (Lipinski definition) is 2. The molecule has 0 spiro atoms. The number of amides is 1. The van der Waals surface area contributed by atoms with Crippen molar-refractivity contribution in [1.82, 2.24) is 25.2 Å². The second-order valence-electron chi connectivity index (χ2n) is 16.9. The summed E-state index contributed by atoms with van der Waals surface area (Å²) in [4.78, 5) is 29.5. The molecule has 310 valence electrons. The van der Waals surface area contributed by atoms with Crippen molar-refractivity contribution >= 4 is 41.7 Å². The number of methoxy groups -OCH3 is 1. The number of benzene rings is 2. The predicted octanol–water partition coefficient (Wildman–Crippen LogP) is 8.48. The highest BCUT2D eigenvalue weighted by Crippen LogP contribution is 2.44. The van der Waals surface area contributed by atoms with Crippen LogP contribution in [0.5, 0.6) is 11.8 Å². The Hall–Kier alpha value is -4.65. The van der Waals surface area contributed by atoms with Gasteiger partial charge in [-0.2, -0.15) is 9.97 Å². The number of nitrogens with zero attached hydrogens (tertiary/aromatic N) is 5. The number of carboxylic acid groups (broad SMARTS) is 1. The molecule has 11 nitrogen and oxygen atoms in total. The number of aromatic nitrogens is 3. The number of halogens is 3. The van der Waals surface area contributed by atoms with E-state index in [1.54, 1.807) is 18.2 Å². The minimum absolute atomic E-state index is 0.0787. The molecule has 0 radical (unpaired) electrons. The smallest absolute Gasteiger partial charge is 0.404 e. The Morgan fingerprint density at radius 2 is 1.83 bits per heavy atom. The number of alkyl halides is 1. The van der Waals surface area contributed by atoms with Gasteiger partial charge in [-0.05, 0) is 66.0 Å². The first-order valence-corrected chi connectivity index (χ1v) is 22.4. The summed E-state index contributed by atoms with van der Waals surface area (Å²) >= 11 is 0.